The highest BCUT2D eigenvalue weighted by molar-refractivity contribution is 6.26. The van der Waals surface area contributed by atoms with Crippen LogP contribution in [0.5, 0.6) is 0 Å². The standard InChI is InChI=1S/C78H48N4O2/c1-5-21-51(22-6-1)79(69-47-71-77(61-31-15-13-29-57(61)69)63-33-17-19-35-67(63)81(71)53-25-9-3-10-26-53)55-37-39-59-65-41-49-44-74-66(42-50(49)43-73(65)83-75(59)45-55)60-40-38-56(46-76(60)84-74)80(52-23-7-2-8-24-52)70-48-72-78(62-32-16-14-30-58(62)70)64-34-18-20-36-68(64)82(72)54-27-11-4-12-28-54/h1-48H. The number of aromatic nitrogens is 2. The fraction of sp³-hybridized carbons (Fsp3) is 0. The second kappa shape index (κ2) is 18.1. The van der Waals surface area contributed by atoms with Gasteiger partial charge in [-0.25, -0.2) is 0 Å². The molecule has 18 rings (SSSR count). The Morgan fingerprint density at radius 1 is 0.226 bits per heavy atom. The van der Waals surface area contributed by atoms with E-state index in [1.54, 1.807) is 0 Å². The summed E-state index contributed by atoms with van der Waals surface area (Å²) >= 11 is 0. The zero-order valence-corrected chi connectivity index (χ0v) is 45.3. The minimum atomic E-state index is 0.820. The van der Waals surface area contributed by atoms with E-state index in [2.05, 4.69) is 310 Å². The predicted molar refractivity (Wildman–Crippen MR) is 352 cm³/mol. The molecular formula is C78H48N4O2. The third-order valence-electron chi connectivity index (χ3n) is 17.4. The fourth-order valence-electron chi connectivity index (χ4n) is 13.8. The Kier molecular flexibility index (Phi) is 9.99. The molecule has 0 atom stereocenters. The lowest BCUT2D eigenvalue weighted by atomic mass is 10.00. The molecule has 4 heterocycles. The van der Waals surface area contributed by atoms with Crippen molar-refractivity contribution in [2.24, 2.45) is 0 Å². The van der Waals surface area contributed by atoms with E-state index >= 15 is 0 Å². The van der Waals surface area contributed by atoms with E-state index in [1.807, 2.05) is 0 Å². The first-order valence-corrected chi connectivity index (χ1v) is 28.6. The van der Waals surface area contributed by atoms with Crippen LogP contribution in [0.4, 0.5) is 34.1 Å². The van der Waals surface area contributed by atoms with E-state index in [0.717, 1.165) is 122 Å². The van der Waals surface area contributed by atoms with Crippen LogP contribution < -0.4 is 9.80 Å². The van der Waals surface area contributed by atoms with Crippen molar-refractivity contribution in [3.63, 3.8) is 0 Å². The molecule has 0 spiro atoms. The van der Waals surface area contributed by atoms with Gasteiger partial charge in [-0.3, -0.25) is 0 Å². The summed E-state index contributed by atoms with van der Waals surface area (Å²) in [4.78, 5) is 4.77. The molecule has 0 radical (unpaired) electrons. The zero-order chi connectivity index (χ0) is 55.0. The summed E-state index contributed by atoms with van der Waals surface area (Å²) in [5, 5.41) is 16.1. The molecule has 84 heavy (non-hydrogen) atoms. The van der Waals surface area contributed by atoms with E-state index in [1.165, 1.54) is 43.4 Å². The molecule has 0 aliphatic rings. The van der Waals surface area contributed by atoms with Gasteiger partial charge < -0.3 is 27.8 Å². The monoisotopic (exact) mass is 1070 g/mol. The van der Waals surface area contributed by atoms with Crippen molar-refractivity contribution in [3.05, 3.63) is 291 Å². The third kappa shape index (κ3) is 6.92. The van der Waals surface area contributed by atoms with Gasteiger partial charge in [-0.15, -0.1) is 0 Å². The smallest absolute Gasteiger partial charge is 0.137 e. The van der Waals surface area contributed by atoms with E-state index in [0.29, 0.717) is 0 Å². The molecule has 0 N–H and O–H groups in total. The van der Waals surface area contributed by atoms with Crippen LogP contribution in [0.15, 0.2) is 300 Å². The highest BCUT2D eigenvalue weighted by Gasteiger charge is 2.25. The van der Waals surface area contributed by atoms with Crippen molar-refractivity contribution >= 4 is 154 Å². The summed E-state index contributed by atoms with van der Waals surface area (Å²) in [6, 6.07) is 105. The molecule has 18 aromatic rings. The Morgan fingerprint density at radius 2 is 0.571 bits per heavy atom. The van der Waals surface area contributed by atoms with Crippen LogP contribution in [-0.2, 0) is 0 Å². The summed E-state index contributed by atoms with van der Waals surface area (Å²) in [5.41, 5.74) is 16.5. The molecule has 0 unspecified atom stereocenters. The molecule has 0 saturated carbocycles. The van der Waals surface area contributed by atoms with Crippen molar-refractivity contribution < 1.29 is 8.83 Å². The number of fused-ring (bicyclic) bond motifs is 17. The minimum absolute atomic E-state index is 0.820. The first kappa shape index (κ1) is 46.4. The van der Waals surface area contributed by atoms with Gasteiger partial charge in [0.15, 0.2) is 0 Å². The summed E-state index contributed by atoms with van der Waals surface area (Å²) in [5.74, 6) is 0. The van der Waals surface area contributed by atoms with E-state index < -0.39 is 0 Å². The molecule has 0 saturated heterocycles. The summed E-state index contributed by atoms with van der Waals surface area (Å²) in [7, 11) is 0. The average Bonchev–Trinajstić information content (AvgIpc) is 2.35. The van der Waals surface area contributed by atoms with Gasteiger partial charge in [-0.05, 0) is 143 Å². The molecule has 0 aliphatic heterocycles. The van der Waals surface area contributed by atoms with Crippen LogP contribution in [0.3, 0.4) is 0 Å². The van der Waals surface area contributed by atoms with Crippen LogP contribution in [0.1, 0.15) is 0 Å². The molecular weight excluding hydrogens is 1020 g/mol. The molecule has 0 aliphatic carbocycles. The molecule has 0 amide bonds. The van der Waals surface area contributed by atoms with Gasteiger partial charge in [0.25, 0.3) is 0 Å². The van der Waals surface area contributed by atoms with Gasteiger partial charge in [-0.2, -0.15) is 0 Å². The highest BCUT2D eigenvalue weighted by Crippen LogP contribution is 2.49. The Balaban J connectivity index is 0.773. The molecule has 6 nitrogen and oxygen atoms in total. The highest BCUT2D eigenvalue weighted by atomic mass is 16.3. The molecule has 14 aromatic carbocycles. The number of para-hydroxylation sites is 6. The lowest BCUT2D eigenvalue weighted by molar-refractivity contribution is 0.668. The van der Waals surface area contributed by atoms with Crippen molar-refractivity contribution in [1.29, 1.82) is 0 Å². The number of nitrogens with zero attached hydrogens (tertiary/aromatic N) is 4. The molecule has 4 aromatic heterocycles. The maximum Gasteiger partial charge on any atom is 0.137 e. The van der Waals surface area contributed by atoms with Gasteiger partial charge in [0.2, 0.25) is 0 Å². The summed E-state index contributed by atoms with van der Waals surface area (Å²) in [6.45, 7) is 0. The van der Waals surface area contributed by atoms with Crippen LogP contribution >= 0.6 is 0 Å². The van der Waals surface area contributed by atoms with E-state index in [4.69, 9.17) is 8.83 Å². The SMILES string of the molecule is c1ccc(N(c2ccc3c(c2)oc2cc4cc5c(cc4cc23)oc2cc(N(c3ccccc3)c3cc4c(c6ccccc36)c3ccccc3n4-c3ccccc3)ccc25)c2cc3c(c4ccccc24)c2ccccc2n3-c2ccccc2)cc1. The van der Waals surface area contributed by atoms with Crippen molar-refractivity contribution in [2.75, 3.05) is 9.80 Å². The van der Waals surface area contributed by atoms with Crippen molar-refractivity contribution in [2.45, 2.75) is 0 Å². The first-order valence-electron chi connectivity index (χ1n) is 28.6. The third-order valence-corrected chi connectivity index (χ3v) is 17.4. The van der Waals surface area contributed by atoms with Gasteiger partial charge in [0, 0.05) is 100 Å². The van der Waals surface area contributed by atoms with Gasteiger partial charge >= 0.3 is 0 Å². The number of anilines is 6. The molecule has 392 valence electrons. The van der Waals surface area contributed by atoms with Crippen LogP contribution in [-0.4, -0.2) is 9.13 Å². The Bertz CT molecular complexity index is 5330. The largest absolute Gasteiger partial charge is 0.456 e. The number of hydrogen-bond acceptors (Lipinski definition) is 4. The van der Waals surface area contributed by atoms with Crippen molar-refractivity contribution in [3.8, 4) is 11.4 Å². The molecule has 6 heteroatoms. The number of furan rings is 2. The van der Waals surface area contributed by atoms with Crippen molar-refractivity contribution in [1.82, 2.24) is 9.13 Å². The maximum atomic E-state index is 6.95. The number of hydrogen-bond donors (Lipinski definition) is 0. The lowest BCUT2D eigenvalue weighted by Gasteiger charge is -2.27. The Labute approximate surface area is 481 Å². The average molecular weight is 1070 g/mol. The lowest BCUT2D eigenvalue weighted by Crippen LogP contribution is -2.10. The second-order valence-corrected chi connectivity index (χ2v) is 22.0. The normalized spacial score (nSPS) is 12.0. The molecule has 0 fully saturated rings. The fourth-order valence-corrected chi connectivity index (χ4v) is 13.8. The van der Waals surface area contributed by atoms with Gasteiger partial charge in [0.05, 0.1) is 33.4 Å². The van der Waals surface area contributed by atoms with Crippen LogP contribution in [0.2, 0.25) is 0 Å². The minimum Gasteiger partial charge on any atom is -0.456 e. The maximum absolute atomic E-state index is 6.95. The summed E-state index contributed by atoms with van der Waals surface area (Å²) in [6.07, 6.45) is 0. The van der Waals surface area contributed by atoms with Crippen LogP contribution in [0.25, 0.3) is 131 Å². The van der Waals surface area contributed by atoms with E-state index in [-0.39, 0.29) is 0 Å². The zero-order valence-electron chi connectivity index (χ0n) is 45.3. The number of rotatable bonds is 8. The quantitative estimate of drug-likeness (QED) is 0.152. The number of benzene rings is 14. The molecule has 0 bridgehead atoms. The van der Waals surface area contributed by atoms with Crippen LogP contribution in [0, 0.1) is 0 Å². The second-order valence-electron chi connectivity index (χ2n) is 22.0. The predicted octanol–water partition coefficient (Wildman–Crippen LogP) is 22.1. The first-order chi connectivity index (χ1) is 41.7. The van der Waals surface area contributed by atoms with E-state index in [9.17, 15) is 0 Å². The van der Waals surface area contributed by atoms with Gasteiger partial charge in [0.1, 0.15) is 22.3 Å². The Hall–Kier alpha value is -11.3. The Morgan fingerprint density at radius 3 is 0.988 bits per heavy atom. The van der Waals surface area contributed by atoms with Gasteiger partial charge in [-0.1, -0.05) is 158 Å². The topological polar surface area (TPSA) is 42.6 Å². The summed E-state index contributed by atoms with van der Waals surface area (Å²) < 4.78 is 18.7.